The van der Waals surface area contributed by atoms with E-state index in [2.05, 4.69) is 25.7 Å². The second-order valence-corrected chi connectivity index (χ2v) is 19.6. The Kier molecular flexibility index (Phi) is 13.4. The molecule has 0 aliphatic carbocycles. The Morgan fingerprint density at radius 1 is 1.10 bits per heavy atom. The number of aromatic nitrogens is 2. The second kappa shape index (κ2) is 16.8. The molecule has 1 saturated heterocycles. The number of benzene rings is 2. The van der Waals surface area contributed by atoms with Crippen LogP contribution in [0.15, 0.2) is 47.5 Å². The normalized spacial score (nSPS) is 16.9. The van der Waals surface area contributed by atoms with E-state index in [1.54, 1.807) is 58.9 Å². The maximum atomic E-state index is 14.3. The number of sulfone groups is 1. The van der Waals surface area contributed by atoms with Crippen LogP contribution in [-0.2, 0) is 23.9 Å². The highest BCUT2D eigenvalue weighted by Gasteiger charge is 2.45. The van der Waals surface area contributed by atoms with Crippen molar-refractivity contribution < 1.29 is 32.4 Å². The molecule has 286 valence electrons. The van der Waals surface area contributed by atoms with Gasteiger partial charge < -0.3 is 25.2 Å². The van der Waals surface area contributed by atoms with Gasteiger partial charge in [0.25, 0.3) is 0 Å². The topological polar surface area (TPSA) is 172 Å². The molecule has 0 amide bonds. The quantitative estimate of drug-likeness (QED) is 0.103. The number of nitrogens with zero attached hydrogens (tertiary/aromatic N) is 3. The number of piperidine rings is 1. The van der Waals surface area contributed by atoms with Gasteiger partial charge in [-0.25, -0.2) is 23.2 Å². The van der Waals surface area contributed by atoms with Crippen LogP contribution in [-0.4, -0.2) is 77.6 Å². The summed E-state index contributed by atoms with van der Waals surface area (Å²) in [6, 6.07) is 10.6. The first-order valence-corrected chi connectivity index (χ1v) is 21.2. The largest absolute Gasteiger partial charge is 0.489 e. The highest BCUT2D eigenvalue weighted by Crippen LogP contribution is 2.51. The second-order valence-electron chi connectivity index (χ2n) is 14.2. The van der Waals surface area contributed by atoms with Crippen LogP contribution in [0.5, 0.6) is 5.75 Å². The monoisotopic (exact) mass is 778 g/mol. The molecule has 0 bridgehead atoms. The number of hydrogen-bond donors (Lipinski definition) is 4. The van der Waals surface area contributed by atoms with E-state index in [0.717, 1.165) is 11.1 Å². The lowest BCUT2D eigenvalue weighted by Crippen LogP contribution is -2.54. The summed E-state index contributed by atoms with van der Waals surface area (Å²) in [5.74, 6) is -0.185. The van der Waals surface area contributed by atoms with Crippen LogP contribution in [0, 0.1) is 12.8 Å². The molecule has 2 aromatic carbocycles. The summed E-state index contributed by atoms with van der Waals surface area (Å²) < 4.78 is 53.8. The molecule has 3 aromatic rings. The van der Waals surface area contributed by atoms with Gasteiger partial charge >= 0.3 is 5.97 Å². The average molecular weight is 779 g/mol. The Balaban J connectivity index is 1.59. The van der Waals surface area contributed by atoms with Gasteiger partial charge in [-0.3, -0.25) is 9.36 Å². The van der Waals surface area contributed by atoms with Crippen LogP contribution in [0.4, 0.5) is 23.1 Å². The molecule has 2 heterocycles. The van der Waals surface area contributed by atoms with Gasteiger partial charge in [0, 0.05) is 20.2 Å². The maximum Gasteiger partial charge on any atom is 0.324 e. The first kappa shape index (κ1) is 41.5. The van der Waals surface area contributed by atoms with E-state index in [1.807, 2.05) is 37.6 Å². The van der Waals surface area contributed by atoms with E-state index in [-0.39, 0.29) is 46.0 Å². The number of aryl methyl sites for hydroxylation is 1. The number of para-hydroxylation sites is 1. The highest BCUT2D eigenvalue weighted by molar-refractivity contribution is 7.92. The third kappa shape index (κ3) is 9.26. The zero-order valence-corrected chi connectivity index (χ0v) is 33.8. The van der Waals surface area contributed by atoms with Gasteiger partial charge in [0.05, 0.1) is 33.8 Å². The van der Waals surface area contributed by atoms with E-state index in [0.29, 0.717) is 43.1 Å². The third-order valence-corrected chi connectivity index (χ3v) is 14.7. The molecule has 0 radical (unpaired) electrons. The first-order valence-electron chi connectivity index (χ1n) is 17.4. The third-order valence-electron chi connectivity index (χ3n) is 9.47. The lowest BCUT2D eigenvalue weighted by molar-refractivity contribution is -0.145. The van der Waals surface area contributed by atoms with Gasteiger partial charge in [-0.1, -0.05) is 37.6 Å². The summed E-state index contributed by atoms with van der Waals surface area (Å²) in [7, 11) is -5.51. The van der Waals surface area contributed by atoms with E-state index in [4.69, 9.17) is 21.1 Å². The Hall–Kier alpha value is -3.26. The highest BCUT2D eigenvalue weighted by atomic mass is 35.5. The molecule has 4 rings (SSSR count). The number of anilines is 4. The summed E-state index contributed by atoms with van der Waals surface area (Å²) in [4.78, 5) is 21.3. The molecule has 1 aliphatic heterocycles. The number of carbonyl (C=O) groups is 1. The van der Waals surface area contributed by atoms with Gasteiger partial charge in [-0.15, -0.1) is 0 Å². The van der Waals surface area contributed by atoms with Crippen LogP contribution in [0.25, 0.3) is 0 Å². The number of ether oxygens (including phenoxy) is 2. The summed E-state index contributed by atoms with van der Waals surface area (Å²) in [6.45, 7) is 15.3. The van der Waals surface area contributed by atoms with Gasteiger partial charge in [0.1, 0.15) is 22.7 Å². The number of hydrogen-bond acceptors (Lipinski definition) is 10. The Bertz CT molecular complexity index is 1900. The Labute approximate surface area is 312 Å². The van der Waals surface area contributed by atoms with Gasteiger partial charge in [0.15, 0.2) is 15.7 Å². The zero-order chi connectivity index (χ0) is 38.6. The Morgan fingerprint density at radius 3 is 2.33 bits per heavy atom. The van der Waals surface area contributed by atoms with E-state index in [9.17, 15) is 22.9 Å². The first-order chi connectivity index (χ1) is 24.3. The molecule has 1 aromatic heterocycles. The van der Waals surface area contributed by atoms with Crippen molar-refractivity contribution in [2.24, 2.45) is 5.92 Å². The minimum Gasteiger partial charge on any atom is -0.489 e. The number of nitrogens with one attached hydrogen (secondary N) is 3. The predicted octanol–water partition coefficient (Wildman–Crippen LogP) is 7.96. The van der Waals surface area contributed by atoms with Crippen LogP contribution in [0.1, 0.15) is 78.4 Å². The Morgan fingerprint density at radius 2 is 1.75 bits per heavy atom. The van der Waals surface area contributed by atoms with Crippen molar-refractivity contribution in [3.63, 3.8) is 0 Å². The van der Waals surface area contributed by atoms with Crippen LogP contribution in [0.3, 0.4) is 0 Å². The lowest BCUT2D eigenvalue weighted by Gasteiger charge is -2.42. The van der Waals surface area contributed by atoms with Crippen molar-refractivity contribution in [1.82, 2.24) is 19.7 Å². The summed E-state index contributed by atoms with van der Waals surface area (Å²) in [6.07, 6.45) is 2.58. The number of methoxy groups -OCH3 is 1. The fourth-order valence-corrected chi connectivity index (χ4v) is 10.1. The average Bonchev–Trinajstić information content (AvgIpc) is 3.07. The lowest BCUT2D eigenvalue weighted by atomic mass is 9.87. The van der Waals surface area contributed by atoms with Crippen LogP contribution >= 0.6 is 19.0 Å². The molecule has 13 nitrogen and oxygen atoms in total. The summed E-state index contributed by atoms with van der Waals surface area (Å²) >= 11 is 6.48. The number of halogens is 1. The SMILES string of the molecule is COCP(=O)(NC(C)(C(=O)O)C(C)C)N1CCC(c2cc(OC(C)C)c(Nc3ncc(Cl)c(Nc4ccccc4S(=O)(=O)C(C)C)n3)cc2C)CC1. The minimum absolute atomic E-state index is 0.105. The van der Waals surface area contributed by atoms with Crippen molar-refractivity contribution in [2.75, 3.05) is 37.2 Å². The number of aliphatic carboxylic acids is 1. The molecule has 0 saturated carbocycles. The fourth-order valence-electron chi connectivity index (χ4n) is 6.07. The minimum atomic E-state index is -3.59. The predicted molar refractivity (Wildman–Crippen MR) is 206 cm³/mol. The fraction of sp³-hybridized carbons (Fsp3) is 0.528. The zero-order valence-electron chi connectivity index (χ0n) is 31.4. The van der Waals surface area contributed by atoms with E-state index in [1.165, 1.54) is 13.3 Å². The molecule has 1 fully saturated rings. The van der Waals surface area contributed by atoms with Crippen molar-refractivity contribution in [3.05, 3.63) is 58.7 Å². The van der Waals surface area contributed by atoms with Crippen LogP contribution < -0.4 is 20.5 Å². The van der Waals surface area contributed by atoms with Crippen LogP contribution in [0.2, 0.25) is 5.02 Å². The number of rotatable bonds is 16. The van der Waals surface area contributed by atoms with Crippen molar-refractivity contribution in [3.8, 4) is 5.75 Å². The standard InChI is InChI=1S/C36H52ClN6O7PS/c1-22(2)36(8,34(44)45)42-51(46,21-49-9)43-16-14-26(15-17-43)27-19-31(50-23(3)4)30(18-25(27)7)40-35-38-20-28(37)33(41-35)39-29-12-10-11-13-32(29)52(47,48)24(5)6/h10-13,18-20,22-24,26H,14-17,21H2,1-9H3,(H,42,46)(H,44,45)(H2,38,39,40,41). The van der Waals surface area contributed by atoms with Crippen molar-refractivity contribution >= 4 is 58.0 Å². The van der Waals surface area contributed by atoms with E-state index >= 15 is 0 Å². The molecular formula is C36H52ClN6O7PS. The van der Waals surface area contributed by atoms with E-state index < -0.39 is 34.0 Å². The molecule has 1 aliphatic rings. The summed E-state index contributed by atoms with van der Waals surface area (Å²) in [5.41, 5.74) is 1.70. The smallest absolute Gasteiger partial charge is 0.324 e. The summed E-state index contributed by atoms with van der Waals surface area (Å²) in [5, 5.41) is 19.0. The van der Waals surface area contributed by atoms with Crippen molar-refractivity contribution in [1.29, 1.82) is 0 Å². The number of carboxylic acids is 1. The van der Waals surface area contributed by atoms with Gasteiger partial charge in [-0.05, 0) is 102 Å². The molecule has 0 spiro atoms. The molecule has 52 heavy (non-hydrogen) atoms. The van der Waals surface area contributed by atoms with Crippen molar-refractivity contribution in [2.45, 2.75) is 95.9 Å². The number of carboxylic acid groups (broad SMARTS) is 1. The van der Waals surface area contributed by atoms with Gasteiger partial charge in [-0.2, -0.15) is 4.98 Å². The molecule has 4 N–H and O–H groups in total. The maximum absolute atomic E-state index is 14.3. The molecule has 16 heteroatoms. The molecule has 2 unspecified atom stereocenters. The van der Waals surface area contributed by atoms with Gasteiger partial charge in [0.2, 0.25) is 13.4 Å². The molecular weight excluding hydrogens is 727 g/mol. The molecule has 2 atom stereocenters.